The first-order valence-corrected chi connectivity index (χ1v) is 25.2. The summed E-state index contributed by atoms with van der Waals surface area (Å²) >= 11 is 9.31. The molecule has 0 unspecified atom stereocenters. The third kappa shape index (κ3) is 26.2. The lowest BCUT2D eigenvalue weighted by Crippen LogP contribution is -2.08. The average Bonchev–Trinajstić information content (AvgIpc) is 3.24. The van der Waals surface area contributed by atoms with Crippen LogP contribution in [0.15, 0.2) is 42.5 Å². The fourth-order valence-corrected chi connectivity index (χ4v) is 6.22. The molecule has 0 bridgehead atoms. The van der Waals surface area contributed by atoms with Gasteiger partial charge in [-0.1, -0.05) is 59.7 Å². The van der Waals surface area contributed by atoms with Gasteiger partial charge in [0, 0.05) is 18.9 Å². The number of phenols is 1. The van der Waals surface area contributed by atoms with E-state index in [2.05, 4.69) is 88.8 Å². The van der Waals surface area contributed by atoms with Crippen LogP contribution in [0.4, 0.5) is 13.2 Å². The van der Waals surface area contributed by atoms with E-state index >= 15 is 0 Å². The van der Waals surface area contributed by atoms with E-state index in [1.807, 2.05) is 6.07 Å². The molecule has 370 valence electrons. The highest BCUT2D eigenvalue weighted by Crippen LogP contribution is 2.29. The summed E-state index contributed by atoms with van der Waals surface area (Å²) in [7, 11) is 2.90. The van der Waals surface area contributed by atoms with Crippen molar-refractivity contribution in [2.24, 2.45) is 17.8 Å². The largest absolute Gasteiger partial charge is 0.505 e. The topological polar surface area (TPSA) is 118 Å². The second-order valence-electron chi connectivity index (χ2n) is 16.1. The number of benzene rings is 3. The monoisotopic (exact) mass is 1120 g/mol. The molecule has 66 heavy (non-hydrogen) atoms. The first-order chi connectivity index (χ1) is 31.2. The zero-order valence-corrected chi connectivity index (χ0v) is 45.4. The van der Waals surface area contributed by atoms with Gasteiger partial charge in [0.2, 0.25) is 0 Å². The SMILES string of the molecule is BrB(Br)Br.CCOC(=O)/C=C/c1ccc(OC)c(F)c1CCC(C)C.CCOC(=O)CCc1ccc(O)c(F)c1CCC(C)C.CCOC(=O)CCc1ccc(OC)c(F)c1CCC(C)C. The number of carbonyl (C=O) groups excluding carboxylic acids is 3. The van der Waals surface area contributed by atoms with E-state index < -0.39 is 11.8 Å². The molecule has 3 rings (SSSR count). The maximum Gasteiger partial charge on any atom is 0.369 e. The second kappa shape index (κ2) is 35.6. The number of rotatable bonds is 22. The molecule has 0 heterocycles. The van der Waals surface area contributed by atoms with Gasteiger partial charge in [0.05, 0.1) is 34.0 Å². The van der Waals surface area contributed by atoms with E-state index in [0.717, 1.165) is 30.4 Å². The number of halogens is 6. The smallest absolute Gasteiger partial charge is 0.369 e. The molecule has 0 aliphatic rings. The third-order valence-electron chi connectivity index (χ3n) is 9.72. The van der Waals surface area contributed by atoms with E-state index in [1.165, 1.54) is 26.4 Å². The second-order valence-corrected chi connectivity index (χ2v) is 22.6. The molecule has 0 saturated heterocycles. The molecule has 1 N–H and O–H groups in total. The van der Waals surface area contributed by atoms with Gasteiger partial charge in [0.25, 0.3) is 0 Å². The Kier molecular flexibility index (Phi) is 33.7. The van der Waals surface area contributed by atoms with E-state index in [4.69, 9.17) is 23.7 Å². The van der Waals surface area contributed by atoms with Crippen molar-refractivity contribution in [1.82, 2.24) is 0 Å². The summed E-state index contributed by atoms with van der Waals surface area (Å²) in [6.07, 6.45) is 8.77. The van der Waals surface area contributed by atoms with Gasteiger partial charge in [-0.2, -0.15) is 0 Å². The van der Waals surface area contributed by atoms with Gasteiger partial charge >= 0.3 is 21.1 Å². The van der Waals surface area contributed by atoms with Gasteiger partial charge in [0.1, 0.15) is 0 Å². The third-order valence-corrected chi connectivity index (χ3v) is 9.72. The van der Waals surface area contributed by atoms with Crippen LogP contribution in [0.25, 0.3) is 6.08 Å². The van der Waals surface area contributed by atoms with Crippen molar-refractivity contribution < 1.29 is 56.3 Å². The Bertz CT molecular complexity index is 1930. The van der Waals surface area contributed by atoms with Crippen molar-refractivity contribution in [3.63, 3.8) is 0 Å². The minimum absolute atomic E-state index is 0.224. The Morgan fingerprint density at radius 1 is 0.591 bits per heavy atom. The van der Waals surface area contributed by atoms with Gasteiger partial charge in [-0.3, -0.25) is 9.59 Å². The van der Waals surface area contributed by atoms with E-state index in [0.29, 0.717) is 91.9 Å². The van der Waals surface area contributed by atoms with Gasteiger partial charge in [0.15, 0.2) is 34.7 Å². The number of hydrogen-bond donors (Lipinski definition) is 1. The average molecular weight is 1120 g/mol. The zero-order valence-electron chi connectivity index (χ0n) is 40.6. The van der Waals surface area contributed by atoms with Gasteiger partial charge < -0.3 is 28.8 Å². The van der Waals surface area contributed by atoms with Crippen LogP contribution in [0, 0.1) is 35.2 Å². The number of phenolic OH excluding ortho intramolecular Hbond substituents is 1. The van der Waals surface area contributed by atoms with Crippen molar-refractivity contribution in [3.8, 4) is 17.2 Å². The van der Waals surface area contributed by atoms with Crippen molar-refractivity contribution in [2.75, 3.05) is 34.0 Å². The Morgan fingerprint density at radius 2 is 0.970 bits per heavy atom. The van der Waals surface area contributed by atoms with Gasteiger partial charge in [-0.25, -0.2) is 18.0 Å². The number of aryl methyl sites for hydroxylation is 2. The molecule has 3 aromatic rings. The number of esters is 3. The summed E-state index contributed by atoms with van der Waals surface area (Å²) in [6, 6.07) is 9.82. The van der Waals surface area contributed by atoms with Crippen molar-refractivity contribution in [2.45, 2.75) is 127 Å². The Labute approximate surface area is 417 Å². The maximum atomic E-state index is 14.4. The number of aromatic hydroxyl groups is 1. The lowest BCUT2D eigenvalue weighted by molar-refractivity contribution is -0.144. The Balaban J connectivity index is 0.000000921. The molecule has 3 aromatic carbocycles. The minimum Gasteiger partial charge on any atom is -0.505 e. The first kappa shape index (κ1) is 62.5. The van der Waals surface area contributed by atoms with Crippen LogP contribution in [-0.2, 0) is 60.7 Å². The molecule has 0 amide bonds. The summed E-state index contributed by atoms with van der Waals surface area (Å²) in [6.45, 7) is 18.8. The number of ether oxygens (including phenoxy) is 5. The summed E-state index contributed by atoms with van der Waals surface area (Å²) < 4.78 is 67.8. The highest BCUT2D eigenvalue weighted by atomic mass is 79.9. The molecule has 0 aliphatic carbocycles. The predicted octanol–water partition coefficient (Wildman–Crippen LogP) is 13.7. The summed E-state index contributed by atoms with van der Waals surface area (Å²) in [5.74, 6) is -0.612. The fraction of sp³-hybridized carbons (Fsp3) is 0.540. The molecule has 9 nitrogen and oxygen atoms in total. The van der Waals surface area contributed by atoms with Crippen LogP contribution in [0.2, 0.25) is 0 Å². The molecule has 0 aromatic heterocycles. The summed E-state index contributed by atoms with van der Waals surface area (Å²) in [4.78, 5) is 34.2. The standard InChI is InChI=1S/C17H25FO3.C17H23FO3.C16H23FO3.BBr3/c2*1-5-21-16(19)11-8-13-7-10-15(20-4)17(18)14(13)9-6-12(2)3;1-4-20-15(19)10-7-12-6-9-14(18)16(17)13(12)8-5-11(2)3;2-1(3)4/h7,10,12H,5-6,8-9,11H2,1-4H3;7-8,10-12H,5-6,9H2,1-4H3;6,9,11,18H,4-5,7-8,10H2,1-3H3;/b;11-8+;;. The van der Waals surface area contributed by atoms with Crippen molar-refractivity contribution in [3.05, 3.63) is 93.3 Å². The molecule has 0 spiro atoms. The molecule has 0 atom stereocenters. The minimum atomic E-state index is -0.563. The summed E-state index contributed by atoms with van der Waals surface area (Å²) in [5.41, 5.74) is 4.07. The highest BCUT2D eigenvalue weighted by molar-refractivity contribution is 9.69. The lowest BCUT2D eigenvalue weighted by Gasteiger charge is -2.14. The van der Waals surface area contributed by atoms with Gasteiger partial charge in [-0.05, 0) is 148 Å². The normalized spacial score (nSPS) is 10.7. The molecular formula is C50H71BBr3F3O9. The molecule has 16 heteroatoms. The Hall–Kier alpha value is -3.50. The first-order valence-electron chi connectivity index (χ1n) is 22.4. The molecular weight excluding hydrogens is 1050 g/mol. The van der Waals surface area contributed by atoms with Crippen molar-refractivity contribution >= 4 is 74.4 Å². The van der Waals surface area contributed by atoms with E-state index in [-0.39, 0.29) is 56.8 Å². The quantitative estimate of drug-likeness (QED) is 0.0454. The Morgan fingerprint density at radius 3 is 1.38 bits per heavy atom. The van der Waals surface area contributed by atoms with Crippen molar-refractivity contribution in [1.29, 1.82) is 0 Å². The molecule has 0 saturated carbocycles. The van der Waals surface area contributed by atoms with Gasteiger partial charge in [-0.15, -0.1) is 47.3 Å². The van der Waals surface area contributed by atoms with Crippen LogP contribution in [0.1, 0.15) is 128 Å². The lowest BCUT2D eigenvalue weighted by atomic mass is 9.95. The fourth-order valence-electron chi connectivity index (χ4n) is 6.22. The van der Waals surface area contributed by atoms with Crippen LogP contribution in [0.3, 0.4) is 0 Å². The van der Waals surface area contributed by atoms with Crippen LogP contribution in [-0.4, -0.2) is 60.2 Å². The van der Waals surface area contributed by atoms with Crippen LogP contribution < -0.4 is 9.47 Å². The van der Waals surface area contributed by atoms with Crippen LogP contribution in [0.5, 0.6) is 17.2 Å². The predicted molar refractivity (Wildman–Crippen MR) is 272 cm³/mol. The van der Waals surface area contributed by atoms with E-state index in [1.54, 1.807) is 51.1 Å². The van der Waals surface area contributed by atoms with E-state index in [9.17, 15) is 32.7 Å². The zero-order chi connectivity index (χ0) is 50.4. The summed E-state index contributed by atoms with van der Waals surface area (Å²) in [5, 5.41) is 9.48. The number of carbonyl (C=O) groups is 3. The number of hydrogen-bond acceptors (Lipinski definition) is 9. The number of methoxy groups -OCH3 is 2. The van der Waals surface area contributed by atoms with Crippen LogP contribution >= 0.6 is 47.3 Å². The molecule has 0 fully saturated rings. The molecule has 0 aliphatic heterocycles. The highest BCUT2D eigenvalue weighted by Gasteiger charge is 2.18. The molecule has 0 radical (unpaired) electrons. The maximum absolute atomic E-state index is 14.4.